The average Bonchev–Trinajstić information content (AvgIpc) is 2.78. The molecule has 0 aromatic heterocycles. The minimum atomic E-state index is -3.00. The van der Waals surface area contributed by atoms with Gasteiger partial charge in [-0.3, -0.25) is 4.79 Å². The van der Waals surface area contributed by atoms with E-state index >= 15 is 0 Å². The molecular weight excluding hydrogens is 322 g/mol. The molecule has 0 bridgehead atoms. The van der Waals surface area contributed by atoms with Crippen LogP contribution in [0.1, 0.15) is 44.1 Å². The van der Waals surface area contributed by atoms with Gasteiger partial charge in [-0.05, 0) is 24.8 Å². The van der Waals surface area contributed by atoms with Crippen molar-refractivity contribution in [1.82, 2.24) is 4.90 Å². The third-order valence-corrected chi connectivity index (χ3v) is 5.37. The molecule has 132 valence electrons. The summed E-state index contributed by atoms with van der Waals surface area (Å²) >= 11 is 0. The second-order valence-electron chi connectivity index (χ2n) is 6.51. The van der Waals surface area contributed by atoms with Crippen LogP contribution in [0.4, 0.5) is 0 Å². The number of benzene rings is 1. The summed E-state index contributed by atoms with van der Waals surface area (Å²) in [6, 6.07) is 10.2. The molecule has 1 atom stereocenters. The average molecular weight is 349 g/mol. The highest BCUT2D eigenvalue weighted by molar-refractivity contribution is 7.90. The van der Waals surface area contributed by atoms with Crippen molar-refractivity contribution in [3.8, 4) is 0 Å². The predicted octanol–water partition coefficient (Wildman–Crippen LogP) is 3.30. The zero-order chi connectivity index (χ0) is 17.4. The van der Waals surface area contributed by atoms with Gasteiger partial charge in [0.25, 0.3) is 0 Å². The lowest BCUT2D eigenvalue weighted by Gasteiger charge is -2.28. The van der Waals surface area contributed by atoms with Crippen LogP contribution < -0.4 is 0 Å². The van der Waals surface area contributed by atoms with Crippen molar-refractivity contribution < 1.29 is 13.2 Å². The highest BCUT2D eigenvalue weighted by Gasteiger charge is 2.23. The van der Waals surface area contributed by atoms with Crippen molar-refractivity contribution in [2.45, 2.75) is 44.6 Å². The number of rotatable bonds is 6. The molecule has 0 aliphatic carbocycles. The molecule has 0 saturated carbocycles. The number of amides is 1. The maximum Gasteiger partial charge on any atom is 0.223 e. The fraction of sp³-hybridized carbons (Fsp3) is 0.526. The summed E-state index contributed by atoms with van der Waals surface area (Å²) in [7, 11) is -3.00. The Hall–Kier alpha value is -1.62. The first-order chi connectivity index (χ1) is 11.5. The Morgan fingerprint density at radius 2 is 1.96 bits per heavy atom. The Kier molecular flexibility index (Phi) is 7.03. The maximum absolute atomic E-state index is 12.6. The van der Waals surface area contributed by atoms with Crippen molar-refractivity contribution in [3.05, 3.63) is 42.0 Å². The van der Waals surface area contributed by atoms with Crippen LogP contribution in [0.3, 0.4) is 0 Å². The molecule has 0 N–H and O–H groups in total. The van der Waals surface area contributed by atoms with Crippen LogP contribution in [0.15, 0.2) is 36.4 Å². The van der Waals surface area contributed by atoms with Gasteiger partial charge in [-0.2, -0.15) is 0 Å². The van der Waals surface area contributed by atoms with E-state index in [0.29, 0.717) is 12.8 Å². The van der Waals surface area contributed by atoms with Gasteiger partial charge in [0.1, 0.15) is 9.84 Å². The van der Waals surface area contributed by atoms with Crippen LogP contribution in [0.25, 0.3) is 6.08 Å². The Bertz CT molecular complexity index is 652. The number of sulfone groups is 1. The summed E-state index contributed by atoms with van der Waals surface area (Å²) in [5, 5.41) is 0. The topological polar surface area (TPSA) is 54.5 Å². The van der Waals surface area contributed by atoms with E-state index in [4.69, 9.17) is 0 Å². The lowest BCUT2D eigenvalue weighted by molar-refractivity contribution is -0.132. The normalized spacial score (nSPS) is 19.4. The third kappa shape index (κ3) is 6.48. The van der Waals surface area contributed by atoms with Crippen LogP contribution in [-0.4, -0.2) is 43.8 Å². The van der Waals surface area contributed by atoms with Gasteiger partial charge in [0.2, 0.25) is 5.91 Å². The summed E-state index contributed by atoms with van der Waals surface area (Å²) in [4.78, 5) is 14.5. The number of nitrogens with zero attached hydrogens (tertiary/aromatic N) is 1. The number of carbonyl (C=O) groups excluding carboxylic acids is 1. The summed E-state index contributed by atoms with van der Waals surface area (Å²) in [5.41, 5.74) is 1.13. The smallest absolute Gasteiger partial charge is 0.223 e. The minimum absolute atomic E-state index is 0.0725. The monoisotopic (exact) mass is 349 g/mol. The fourth-order valence-electron chi connectivity index (χ4n) is 3.06. The van der Waals surface area contributed by atoms with Gasteiger partial charge in [-0.15, -0.1) is 0 Å². The molecule has 24 heavy (non-hydrogen) atoms. The van der Waals surface area contributed by atoms with Gasteiger partial charge in [0.05, 0.1) is 11.8 Å². The van der Waals surface area contributed by atoms with Crippen LogP contribution in [-0.2, 0) is 14.6 Å². The van der Waals surface area contributed by atoms with Gasteiger partial charge in [0, 0.05) is 19.2 Å². The molecule has 0 spiro atoms. The van der Waals surface area contributed by atoms with Crippen LogP contribution >= 0.6 is 0 Å². The number of hydrogen-bond acceptors (Lipinski definition) is 3. The molecule has 1 saturated heterocycles. The quantitative estimate of drug-likeness (QED) is 0.792. The molecule has 0 radical (unpaired) electrons. The van der Waals surface area contributed by atoms with E-state index < -0.39 is 9.84 Å². The van der Waals surface area contributed by atoms with Crippen molar-refractivity contribution >= 4 is 21.8 Å². The first-order valence-electron chi connectivity index (χ1n) is 8.66. The molecule has 1 aromatic carbocycles. The molecule has 1 heterocycles. The van der Waals surface area contributed by atoms with E-state index in [1.807, 2.05) is 35.2 Å². The molecular formula is C19H27NO3S. The first-order valence-corrected chi connectivity index (χ1v) is 10.7. The van der Waals surface area contributed by atoms with E-state index in [-0.39, 0.29) is 17.7 Å². The second kappa shape index (κ2) is 9.02. The maximum atomic E-state index is 12.6. The number of hydrogen-bond donors (Lipinski definition) is 0. The van der Waals surface area contributed by atoms with E-state index in [0.717, 1.165) is 37.8 Å². The first kappa shape index (κ1) is 18.7. The van der Waals surface area contributed by atoms with Gasteiger partial charge in [-0.25, -0.2) is 8.42 Å². The summed E-state index contributed by atoms with van der Waals surface area (Å²) in [6.07, 6.45) is 10.4. The summed E-state index contributed by atoms with van der Waals surface area (Å²) < 4.78 is 22.5. The van der Waals surface area contributed by atoms with Crippen molar-refractivity contribution in [1.29, 1.82) is 0 Å². The summed E-state index contributed by atoms with van der Waals surface area (Å²) in [6.45, 7) is 0.765. The van der Waals surface area contributed by atoms with Gasteiger partial charge < -0.3 is 4.90 Å². The van der Waals surface area contributed by atoms with Crippen molar-refractivity contribution in [2.75, 3.05) is 18.6 Å². The van der Waals surface area contributed by atoms with Crippen LogP contribution in [0.2, 0.25) is 0 Å². The molecule has 4 nitrogen and oxygen atoms in total. The van der Waals surface area contributed by atoms with Crippen LogP contribution in [0.5, 0.6) is 0 Å². The van der Waals surface area contributed by atoms with Gasteiger partial charge >= 0.3 is 0 Å². The molecule has 1 aliphatic rings. The van der Waals surface area contributed by atoms with E-state index in [1.54, 1.807) is 0 Å². The van der Waals surface area contributed by atoms with Gasteiger partial charge in [0.15, 0.2) is 0 Å². The Labute approximate surface area is 145 Å². The summed E-state index contributed by atoms with van der Waals surface area (Å²) in [5.74, 6) is 0.153. The zero-order valence-electron chi connectivity index (χ0n) is 14.4. The standard InChI is InChI=1S/C19H27NO3S/c1-24(22,23)16-8-12-19(21)20-15-7-3-6-11-18(20)14-13-17-9-4-2-5-10-17/h2,4-5,9-10,13-14,18H,3,6-8,11-12,15-16H2,1H3/b14-13+. The SMILES string of the molecule is CS(=O)(=O)CCCC(=O)N1CCCCCC1/C=C/c1ccccc1. The Balaban J connectivity index is 2.00. The molecule has 5 heteroatoms. The predicted molar refractivity (Wildman–Crippen MR) is 98.4 cm³/mol. The van der Waals surface area contributed by atoms with E-state index in [9.17, 15) is 13.2 Å². The Morgan fingerprint density at radius 3 is 2.67 bits per heavy atom. The third-order valence-electron chi connectivity index (χ3n) is 4.34. The second-order valence-corrected chi connectivity index (χ2v) is 8.77. The van der Waals surface area contributed by atoms with Crippen LogP contribution in [0, 0.1) is 0 Å². The molecule has 1 unspecified atom stereocenters. The molecule has 1 amide bonds. The number of likely N-dealkylation sites (tertiary alicyclic amines) is 1. The highest BCUT2D eigenvalue weighted by atomic mass is 32.2. The lowest BCUT2D eigenvalue weighted by atomic mass is 10.1. The fourth-order valence-corrected chi connectivity index (χ4v) is 3.73. The molecule has 1 aliphatic heterocycles. The van der Waals surface area contributed by atoms with Crippen molar-refractivity contribution in [2.24, 2.45) is 0 Å². The van der Waals surface area contributed by atoms with Crippen molar-refractivity contribution in [3.63, 3.8) is 0 Å². The number of carbonyl (C=O) groups is 1. The zero-order valence-corrected chi connectivity index (χ0v) is 15.2. The molecule has 1 aromatic rings. The van der Waals surface area contributed by atoms with E-state index in [1.165, 1.54) is 6.26 Å². The van der Waals surface area contributed by atoms with Gasteiger partial charge in [-0.1, -0.05) is 55.3 Å². The molecule has 2 rings (SSSR count). The minimum Gasteiger partial charge on any atom is -0.336 e. The van der Waals surface area contributed by atoms with E-state index in [2.05, 4.69) is 12.2 Å². The lowest BCUT2D eigenvalue weighted by Crippen LogP contribution is -2.39. The Morgan fingerprint density at radius 1 is 1.21 bits per heavy atom. The molecule has 1 fully saturated rings. The largest absolute Gasteiger partial charge is 0.336 e. The highest BCUT2D eigenvalue weighted by Crippen LogP contribution is 2.20.